The molecule has 0 aliphatic carbocycles. The predicted molar refractivity (Wildman–Crippen MR) is 239 cm³/mol. The van der Waals surface area contributed by atoms with E-state index in [1.807, 2.05) is 24.3 Å². The second-order valence-electron chi connectivity index (χ2n) is 15.8. The van der Waals surface area contributed by atoms with E-state index in [-0.39, 0.29) is 58.7 Å². The Balaban J connectivity index is 0.000000387. The van der Waals surface area contributed by atoms with Crippen molar-refractivity contribution in [3.63, 3.8) is 0 Å². The molecule has 0 atom stereocenters. The number of fused-ring (bicyclic) bond motifs is 2. The van der Waals surface area contributed by atoms with Gasteiger partial charge in [0.05, 0.1) is 9.79 Å². The molecule has 312 valence electrons. The van der Waals surface area contributed by atoms with E-state index in [2.05, 4.69) is 39.8 Å². The summed E-state index contributed by atoms with van der Waals surface area (Å²) in [7, 11) is -8.96. The molecule has 0 aromatic heterocycles. The van der Waals surface area contributed by atoms with Crippen molar-refractivity contribution in [2.24, 2.45) is 0 Å². The summed E-state index contributed by atoms with van der Waals surface area (Å²) in [5.74, 6) is 0. The maximum absolute atomic E-state index is 11.8. The van der Waals surface area contributed by atoms with Crippen molar-refractivity contribution in [2.75, 3.05) is 0 Å². The van der Waals surface area contributed by atoms with Crippen LogP contribution in [0.15, 0.2) is 70.5 Å². The Labute approximate surface area is 387 Å². The molecule has 4 aromatic rings. The number of hydrogen-bond donors (Lipinski definition) is 0. The van der Waals surface area contributed by atoms with Crippen molar-refractivity contribution in [3.8, 4) is 0 Å². The van der Waals surface area contributed by atoms with Crippen molar-refractivity contribution in [3.05, 3.63) is 82.9 Å². The molecule has 0 saturated carbocycles. The molecule has 6 nitrogen and oxygen atoms in total. The minimum absolute atomic E-state index is 0. The topological polar surface area (TPSA) is 114 Å². The van der Waals surface area contributed by atoms with Gasteiger partial charge in [0, 0.05) is 0 Å². The van der Waals surface area contributed by atoms with Crippen LogP contribution in [0.1, 0.15) is 178 Å². The summed E-state index contributed by atoms with van der Waals surface area (Å²) in [6, 6.07) is 18.5. The summed E-state index contributed by atoms with van der Waals surface area (Å²) in [5.41, 5.74) is 4.68. The normalized spacial score (nSPS) is 11.8. The predicted octanol–water partition coefficient (Wildman–Crippen LogP) is 13.2. The van der Waals surface area contributed by atoms with Gasteiger partial charge in [0.2, 0.25) is 0 Å². The molecule has 0 bridgehead atoms. The fourth-order valence-corrected chi connectivity index (χ4v) is 9.21. The average molecular weight is 945 g/mol. The minimum atomic E-state index is -4.48. The zero-order valence-corrected chi connectivity index (χ0v) is 41.8. The third kappa shape index (κ3) is 18.5. The van der Waals surface area contributed by atoms with E-state index in [4.69, 9.17) is 0 Å². The van der Waals surface area contributed by atoms with Gasteiger partial charge in [0.25, 0.3) is 0 Å². The molecule has 9 heteroatoms. The van der Waals surface area contributed by atoms with Crippen molar-refractivity contribution in [1.29, 1.82) is 0 Å². The van der Waals surface area contributed by atoms with Crippen LogP contribution in [-0.4, -0.2) is 74.8 Å². The Morgan fingerprint density at radius 1 is 0.386 bits per heavy atom. The van der Waals surface area contributed by atoms with Crippen LogP contribution >= 0.6 is 0 Å². The molecule has 0 N–H and O–H groups in total. The van der Waals surface area contributed by atoms with Crippen LogP contribution in [0.4, 0.5) is 0 Å². The summed E-state index contributed by atoms with van der Waals surface area (Å²) in [6.45, 7) is 8.84. The molecule has 0 fully saturated rings. The Kier molecular flexibility index (Phi) is 25.8. The molecule has 0 aliphatic rings. The van der Waals surface area contributed by atoms with Gasteiger partial charge in [0.1, 0.15) is 20.2 Å². The van der Waals surface area contributed by atoms with Gasteiger partial charge in [-0.2, -0.15) is 0 Å². The van der Waals surface area contributed by atoms with Crippen LogP contribution in [0.2, 0.25) is 0 Å². The zero-order chi connectivity index (χ0) is 40.8. The summed E-state index contributed by atoms with van der Waals surface area (Å²) in [6.07, 6.45) is 27.9. The fraction of sp³-hybridized carbons (Fsp3) is 0.583. The maximum Gasteiger partial charge on any atom is 2.00 e. The van der Waals surface area contributed by atoms with Crippen molar-refractivity contribution >= 4 is 90.7 Å². The first kappa shape index (κ1) is 51.9. The first-order valence-corrected chi connectivity index (χ1v) is 24.8. The van der Waals surface area contributed by atoms with Crippen LogP contribution < -0.4 is 0 Å². The van der Waals surface area contributed by atoms with Crippen LogP contribution in [0.25, 0.3) is 21.5 Å². The second-order valence-corrected chi connectivity index (χ2v) is 18.5. The zero-order valence-electron chi connectivity index (χ0n) is 35.7. The molecule has 0 spiro atoms. The molecule has 57 heavy (non-hydrogen) atoms. The smallest absolute Gasteiger partial charge is 0.744 e. The van der Waals surface area contributed by atoms with Gasteiger partial charge in [-0.3, -0.25) is 0 Å². The van der Waals surface area contributed by atoms with Crippen LogP contribution in [0, 0.1) is 0 Å². The van der Waals surface area contributed by atoms with Crippen LogP contribution in [0.5, 0.6) is 0 Å². The molecule has 4 aromatic carbocycles. The summed E-state index contributed by atoms with van der Waals surface area (Å²) in [4.78, 5) is -0.157. The molecule has 0 radical (unpaired) electrons. The van der Waals surface area contributed by atoms with E-state index >= 15 is 0 Å². The number of aryl methyl sites for hydroxylation is 4. The Hall–Kier alpha value is -1.21. The van der Waals surface area contributed by atoms with Crippen LogP contribution in [-0.2, 0) is 45.9 Å². The molecule has 0 amide bonds. The van der Waals surface area contributed by atoms with E-state index in [0.717, 1.165) is 73.3 Å². The van der Waals surface area contributed by atoms with Gasteiger partial charge in [-0.25, -0.2) is 16.8 Å². The van der Waals surface area contributed by atoms with Gasteiger partial charge in [-0.1, -0.05) is 167 Å². The van der Waals surface area contributed by atoms with Gasteiger partial charge < -0.3 is 9.11 Å². The van der Waals surface area contributed by atoms with E-state index in [1.165, 1.54) is 126 Å². The fourth-order valence-electron chi connectivity index (χ4n) is 7.84. The Morgan fingerprint density at radius 3 is 0.982 bits per heavy atom. The monoisotopic (exact) mass is 944 g/mol. The van der Waals surface area contributed by atoms with E-state index < -0.39 is 20.2 Å². The minimum Gasteiger partial charge on any atom is -0.744 e. The standard InChI is InChI=1S/2C24H36O3S.Ba/c2*1-3-5-7-9-11-14-20-18-21(15-12-10-8-6-4-2)22-16-13-17-24(23(22)19-20)28(25,26)27;/h2*13,16-19H,3-12,14-15H2,1-2H3,(H,25,26,27);/q;;+2/p-2. The summed E-state index contributed by atoms with van der Waals surface area (Å²) >= 11 is 0. The van der Waals surface area contributed by atoms with Gasteiger partial charge in [-0.05, 0) is 119 Å². The quantitative estimate of drug-likeness (QED) is 0.0352. The number of hydrogen-bond acceptors (Lipinski definition) is 6. The SMILES string of the molecule is CCCCCCCc1cc(CCCCCCC)c2cccc(S(=O)(=O)[O-])c2c1.CCCCCCCc1cc(CCCCCCC)c2cccc(S(=O)(=O)[O-])c2c1.[Ba+2]. The molecule has 0 unspecified atom stereocenters. The Morgan fingerprint density at radius 2 is 0.684 bits per heavy atom. The molecule has 0 heterocycles. The summed E-state index contributed by atoms with van der Waals surface area (Å²) < 4.78 is 70.7. The number of rotatable bonds is 26. The van der Waals surface area contributed by atoms with Crippen LogP contribution in [0.3, 0.4) is 0 Å². The maximum atomic E-state index is 11.8. The third-order valence-corrected chi connectivity index (χ3v) is 12.8. The average Bonchev–Trinajstić information content (AvgIpc) is 3.16. The Bertz CT molecular complexity index is 1830. The first-order chi connectivity index (χ1) is 26.9. The number of benzene rings is 4. The summed E-state index contributed by atoms with van der Waals surface area (Å²) in [5, 5.41) is 3.04. The van der Waals surface area contributed by atoms with E-state index in [9.17, 15) is 25.9 Å². The van der Waals surface area contributed by atoms with Crippen molar-refractivity contribution in [2.45, 2.75) is 192 Å². The number of unbranched alkanes of at least 4 members (excludes halogenated alkanes) is 16. The molecule has 4 rings (SSSR count). The van der Waals surface area contributed by atoms with Gasteiger partial charge >= 0.3 is 48.9 Å². The van der Waals surface area contributed by atoms with Gasteiger partial charge in [0.15, 0.2) is 0 Å². The van der Waals surface area contributed by atoms with E-state index in [1.54, 1.807) is 12.1 Å². The first-order valence-electron chi connectivity index (χ1n) is 21.9. The third-order valence-electron chi connectivity index (χ3n) is 11.0. The van der Waals surface area contributed by atoms with Crippen molar-refractivity contribution in [1.82, 2.24) is 0 Å². The molecular formula is C48H70BaO6S2. The molecular weight excluding hydrogens is 874 g/mol. The van der Waals surface area contributed by atoms with E-state index in [0.29, 0.717) is 10.8 Å². The molecule has 0 aliphatic heterocycles. The van der Waals surface area contributed by atoms with Gasteiger partial charge in [-0.15, -0.1) is 0 Å². The van der Waals surface area contributed by atoms with Crippen molar-refractivity contribution < 1.29 is 25.9 Å². The largest absolute Gasteiger partial charge is 2.00 e. The molecule has 0 saturated heterocycles. The second kappa shape index (κ2) is 28.3.